The van der Waals surface area contributed by atoms with Gasteiger partial charge in [0.2, 0.25) is 5.91 Å². The Hall–Kier alpha value is -3.53. The predicted molar refractivity (Wildman–Crippen MR) is 107 cm³/mol. The lowest BCUT2D eigenvalue weighted by Crippen LogP contribution is -2.17. The van der Waals surface area contributed by atoms with E-state index in [0.717, 1.165) is 32.0 Å². The van der Waals surface area contributed by atoms with Crippen LogP contribution in [0.5, 0.6) is 0 Å². The van der Waals surface area contributed by atoms with E-state index in [1.165, 1.54) is 6.07 Å². The summed E-state index contributed by atoms with van der Waals surface area (Å²) in [5.74, 6) is -5.14. The molecule has 0 aliphatic carbocycles. The van der Waals surface area contributed by atoms with Crippen LogP contribution in [-0.2, 0) is 20.9 Å². The van der Waals surface area contributed by atoms with Crippen molar-refractivity contribution < 1.29 is 31.9 Å². The molecule has 1 heterocycles. The number of nitrogens with two attached hydrogens (primary N) is 1. The maximum Gasteiger partial charge on any atom is 0.302 e. The minimum Gasteiger partial charge on any atom is -0.461 e. The lowest BCUT2D eigenvalue weighted by atomic mass is 10.1. The van der Waals surface area contributed by atoms with Gasteiger partial charge in [-0.3, -0.25) is 14.4 Å². The Morgan fingerprint density at radius 3 is 2.42 bits per heavy atom. The number of hydrogen-bond acceptors (Lipinski definition) is 6. The predicted octanol–water partition coefficient (Wildman–Crippen LogP) is 4.03. The van der Waals surface area contributed by atoms with Gasteiger partial charge in [0.25, 0.3) is 0 Å². The molecule has 0 unspecified atom stereocenters. The third-order valence-corrected chi connectivity index (χ3v) is 4.74. The van der Waals surface area contributed by atoms with E-state index in [0.29, 0.717) is 4.42 Å². The van der Waals surface area contributed by atoms with Gasteiger partial charge in [-0.25, -0.2) is 17.6 Å². The summed E-state index contributed by atoms with van der Waals surface area (Å²) >= 11 is 5.71. The summed E-state index contributed by atoms with van der Waals surface area (Å²) in [5, 5.41) is -0.550. The van der Waals surface area contributed by atoms with E-state index < -0.39 is 63.6 Å². The van der Waals surface area contributed by atoms with Gasteiger partial charge in [-0.1, -0.05) is 0 Å². The van der Waals surface area contributed by atoms with Crippen LogP contribution >= 0.6 is 11.8 Å². The number of fused-ring (bicyclic) bond motifs is 1. The molecule has 0 aliphatic heterocycles. The molecule has 0 fully saturated rings. The fraction of sp³-hybridized carbons (Fsp3) is 0.150. The number of esters is 1. The van der Waals surface area contributed by atoms with Crippen LogP contribution in [0, 0.1) is 17.5 Å². The molecule has 0 atom stereocenters. The highest BCUT2D eigenvalue weighted by Crippen LogP contribution is 2.33. The van der Waals surface area contributed by atoms with Gasteiger partial charge >= 0.3 is 5.97 Å². The molecular weight excluding hydrogens is 441 g/mol. The highest BCUT2D eigenvalue weighted by atomic mass is 35.5. The number of carbonyl (C=O) groups excluding carboxylic acids is 2. The third kappa shape index (κ3) is 4.06. The minimum atomic E-state index is -1.29. The first-order valence-electron chi connectivity index (χ1n) is 8.65. The van der Waals surface area contributed by atoms with E-state index in [9.17, 15) is 27.6 Å². The number of amides is 1. The highest BCUT2D eigenvalue weighted by Gasteiger charge is 2.24. The Bertz CT molecular complexity index is 1290. The summed E-state index contributed by atoms with van der Waals surface area (Å²) in [5.41, 5.74) is 2.45. The maximum absolute atomic E-state index is 14.9. The van der Waals surface area contributed by atoms with Crippen molar-refractivity contribution in [1.29, 1.82) is 0 Å². The average molecular weight is 455 g/mol. The second-order valence-corrected chi connectivity index (χ2v) is 6.78. The molecule has 11 heteroatoms. The molecule has 0 spiro atoms. The summed E-state index contributed by atoms with van der Waals surface area (Å²) in [4.78, 5) is 34.8. The normalized spacial score (nSPS) is 10.9. The Labute approximate surface area is 177 Å². The van der Waals surface area contributed by atoms with E-state index >= 15 is 0 Å². The van der Waals surface area contributed by atoms with Gasteiger partial charge in [0.15, 0.2) is 22.6 Å². The van der Waals surface area contributed by atoms with E-state index in [2.05, 4.69) is 4.74 Å². The number of nitrogen functional groups attached to an aromatic ring is 1. The minimum absolute atomic E-state index is 0.0118. The molecule has 31 heavy (non-hydrogen) atoms. The Balaban J connectivity index is 2.20. The van der Waals surface area contributed by atoms with Gasteiger partial charge in [0.05, 0.1) is 22.3 Å². The van der Waals surface area contributed by atoms with Crippen molar-refractivity contribution in [3.05, 3.63) is 57.5 Å². The van der Waals surface area contributed by atoms with Crippen LogP contribution in [-0.4, -0.2) is 11.9 Å². The molecule has 162 valence electrons. The molecule has 3 aromatic rings. The van der Waals surface area contributed by atoms with Crippen molar-refractivity contribution in [2.24, 2.45) is 0 Å². The van der Waals surface area contributed by atoms with Gasteiger partial charge in [0, 0.05) is 37.3 Å². The van der Waals surface area contributed by atoms with Crippen LogP contribution in [0.3, 0.4) is 0 Å². The topological polar surface area (TPSA) is 103 Å². The van der Waals surface area contributed by atoms with Crippen molar-refractivity contribution in [3.63, 3.8) is 0 Å². The number of benzene rings is 2. The van der Waals surface area contributed by atoms with Crippen LogP contribution in [0.1, 0.15) is 19.4 Å². The molecule has 3 rings (SSSR count). The van der Waals surface area contributed by atoms with Crippen molar-refractivity contribution in [1.82, 2.24) is 0 Å². The zero-order valence-corrected chi connectivity index (χ0v) is 16.9. The quantitative estimate of drug-likeness (QED) is 0.363. The molecular formula is C20H14ClF3N2O5. The fourth-order valence-electron chi connectivity index (χ4n) is 2.84. The van der Waals surface area contributed by atoms with Gasteiger partial charge in [0.1, 0.15) is 18.2 Å². The first-order valence-corrected chi connectivity index (χ1v) is 8.99. The van der Waals surface area contributed by atoms with Crippen molar-refractivity contribution in [2.75, 3.05) is 10.2 Å². The van der Waals surface area contributed by atoms with Gasteiger partial charge < -0.3 is 14.9 Å². The number of anilines is 2. The zero-order valence-electron chi connectivity index (χ0n) is 16.1. The highest BCUT2D eigenvalue weighted by molar-refractivity contribution is 6.36. The van der Waals surface area contributed by atoms with Gasteiger partial charge in [-0.05, 0) is 18.2 Å². The molecule has 0 radical (unpaired) electrons. The Morgan fingerprint density at radius 2 is 1.84 bits per heavy atom. The third-order valence-electron chi connectivity index (χ3n) is 4.32. The first kappa shape index (κ1) is 22.2. The Morgan fingerprint density at radius 1 is 1.16 bits per heavy atom. The summed E-state index contributed by atoms with van der Waals surface area (Å²) in [7, 11) is 0. The smallest absolute Gasteiger partial charge is 0.302 e. The van der Waals surface area contributed by atoms with Crippen LogP contribution < -0.4 is 15.6 Å². The maximum atomic E-state index is 14.9. The zero-order chi connectivity index (χ0) is 23.0. The molecule has 0 saturated heterocycles. The molecule has 2 aromatic carbocycles. The van der Waals surface area contributed by atoms with Crippen molar-refractivity contribution >= 4 is 46.0 Å². The van der Waals surface area contributed by atoms with Crippen LogP contribution in [0.4, 0.5) is 24.5 Å². The molecule has 1 amide bonds. The molecule has 1 aromatic heterocycles. The number of halogens is 4. The summed E-state index contributed by atoms with van der Waals surface area (Å²) in [6.07, 6.45) is 0. The molecule has 0 bridgehead atoms. The number of hydrogen-bond donors (Lipinski definition) is 1. The van der Waals surface area contributed by atoms with E-state index in [-0.39, 0.29) is 17.0 Å². The summed E-state index contributed by atoms with van der Waals surface area (Å²) in [6, 6.07) is 4.25. The van der Waals surface area contributed by atoms with Crippen LogP contribution in [0.2, 0.25) is 0 Å². The molecule has 0 saturated carbocycles. The lowest BCUT2D eigenvalue weighted by Gasteiger charge is -2.14. The SMILES string of the molecule is CC(=O)OCc1c(F)c(N)c2c(=O)cc(-c3ccc(N(Cl)C(C)=O)c(F)c3)oc2c1F. The first-order chi connectivity index (χ1) is 14.5. The van der Waals surface area contributed by atoms with Crippen LogP contribution in [0.25, 0.3) is 22.3 Å². The average Bonchev–Trinajstić information content (AvgIpc) is 2.70. The molecule has 7 nitrogen and oxygen atoms in total. The van der Waals surface area contributed by atoms with E-state index in [1.54, 1.807) is 0 Å². The number of rotatable bonds is 4. The fourth-order valence-corrected chi connectivity index (χ4v) is 2.98. The van der Waals surface area contributed by atoms with E-state index in [1.807, 2.05) is 0 Å². The number of carbonyl (C=O) groups is 2. The lowest BCUT2D eigenvalue weighted by molar-refractivity contribution is -0.142. The Kier molecular flexibility index (Phi) is 5.94. The monoisotopic (exact) mass is 454 g/mol. The standard InChI is InChI=1S/C20H14ClF3N2O5/c1-8(27)26(21)13-4-3-10(5-12(13)22)15-6-14(29)16-19(25)17(23)11(7-30-9(2)28)18(24)20(16)31-15/h3-6H,7,25H2,1-2H3. The summed E-state index contributed by atoms with van der Waals surface area (Å²) in [6.45, 7) is 1.40. The molecule has 2 N–H and O–H groups in total. The number of nitrogens with zero attached hydrogens (tertiary/aromatic N) is 1. The molecule has 0 aliphatic rings. The van der Waals surface area contributed by atoms with Crippen molar-refractivity contribution in [2.45, 2.75) is 20.5 Å². The summed E-state index contributed by atoms with van der Waals surface area (Å²) < 4.78 is 54.4. The van der Waals surface area contributed by atoms with E-state index in [4.69, 9.17) is 21.9 Å². The van der Waals surface area contributed by atoms with Crippen molar-refractivity contribution in [3.8, 4) is 11.3 Å². The van der Waals surface area contributed by atoms with Gasteiger partial charge in [-0.2, -0.15) is 0 Å². The second kappa shape index (κ2) is 8.31. The van der Waals surface area contributed by atoms with Crippen LogP contribution in [0.15, 0.2) is 33.5 Å². The second-order valence-electron chi connectivity index (χ2n) is 6.45. The largest absolute Gasteiger partial charge is 0.461 e. The number of ether oxygens (including phenoxy) is 1. The van der Waals surface area contributed by atoms with Gasteiger partial charge in [-0.15, -0.1) is 0 Å².